The number of ether oxygens (including phenoxy) is 1. The van der Waals surface area contributed by atoms with Crippen LogP contribution in [0, 0.1) is 5.92 Å². The summed E-state index contributed by atoms with van der Waals surface area (Å²) in [5.74, 6) is 1.34. The lowest BCUT2D eigenvalue weighted by Gasteiger charge is -2.31. The largest absolute Gasteiger partial charge is 0.494 e. The highest BCUT2D eigenvalue weighted by Gasteiger charge is 2.31. The zero-order valence-electron chi connectivity index (χ0n) is 14.4. The molecule has 2 amide bonds. The van der Waals surface area contributed by atoms with Crippen LogP contribution in [0.25, 0.3) is 0 Å². The Morgan fingerprint density at radius 3 is 2.29 bits per heavy atom. The molecule has 0 bridgehead atoms. The third-order valence-electron chi connectivity index (χ3n) is 4.96. The van der Waals surface area contributed by atoms with Gasteiger partial charge >= 0.3 is 0 Å². The van der Waals surface area contributed by atoms with Crippen molar-refractivity contribution < 1.29 is 14.3 Å². The highest BCUT2D eigenvalue weighted by Crippen LogP contribution is 2.28. The molecule has 5 nitrogen and oxygen atoms in total. The molecule has 130 valence electrons. The van der Waals surface area contributed by atoms with Gasteiger partial charge in [-0.2, -0.15) is 0 Å². The van der Waals surface area contributed by atoms with Gasteiger partial charge < -0.3 is 14.5 Å². The van der Waals surface area contributed by atoms with Gasteiger partial charge in [-0.1, -0.05) is 6.42 Å². The first kappa shape index (κ1) is 16.8. The first-order chi connectivity index (χ1) is 11.7. The Hall–Kier alpha value is -2.04. The molecule has 1 aliphatic carbocycles. The predicted molar refractivity (Wildman–Crippen MR) is 92.1 cm³/mol. The fraction of sp³-hybridized carbons (Fsp3) is 0.579. The maximum absolute atomic E-state index is 12.7. The number of rotatable bonds is 4. The first-order valence-electron chi connectivity index (χ1n) is 9.00. The van der Waals surface area contributed by atoms with Crippen LogP contribution in [0.5, 0.6) is 5.75 Å². The molecule has 1 aromatic rings. The molecule has 2 fully saturated rings. The second kappa shape index (κ2) is 7.69. The van der Waals surface area contributed by atoms with Gasteiger partial charge in [-0.3, -0.25) is 9.59 Å². The fourth-order valence-electron chi connectivity index (χ4n) is 3.30. The SMILES string of the molecule is CCOc1ccc(C(=O)N2CCCN(C(=O)C3CCC3)CC2)cc1. The van der Waals surface area contributed by atoms with Crippen LogP contribution in [-0.4, -0.2) is 54.4 Å². The number of benzene rings is 1. The van der Waals surface area contributed by atoms with E-state index < -0.39 is 0 Å². The molecule has 2 aliphatic rings. The van der Waals surface area contributed by atoms with Crippen LogP contribution in [0.1, 0.15) is 43.0 Å². The molecule has 1 saturated heterocycles. The zero-order chi connectivity index (χ0) is 16.9. The molecular weight excluding hydrogens is 304 g/mol. The third kappa shape index (κ3) is 3.71. The summed E-state index contributed by atoms with van der Waals surface area (Å²) in [4.78, 5) is 28.9. The van der Waals surface area contributed by atoms with Crippen molar-refractivity contribution in [2.24, 2.45) is 5.92 Å². The molecule has 0 atom stereocenters. The summed E-state index contributed by atoms with van der Waals surface area (Å²) in [6.45, 7) is 5.29. The Kier molecular flexibility index (Phi) is 5.38. The van der Waals surface area contributed by atoms with E-state index in [4.69, 9.17) is 4.74 Å². The molecule has 1 heterocycles. The van der Waals surface area contributed by atoms with Gasteiger partial charge in [0.2, 0.25) is 5.91 Å². The van der Waals surface area contributed by atoms with Crippen molar-refractivity contribution in [1.29, 1.82) is 0 Å². The summed E-state index contributed by atoms with van der Waals surface area (Å²) in [6, 6.07) is 7.30. The summed E-state index contributed by atoms with van der Waals surface area (Å²) >= 11 is 0. The van der Waals surface area contributed by atoms with E-state index in [1.54, 1.807) is 0 Å². The van der Waals surface area contributed by atoms with Gasteiger partial charge in [0, 0.05) is 37.7 Å². The molecule has 0 N–H and O–H groups in total. The molecule has 5 heteroatoms. The van der Waals surface area contributed by atoms with Crippen LogP contribution < -0.4 is 4.74 Å². The van der Waals surface area contributed by atoms with Gasteiger partial charge in [0.15, 0.2) is 0 Å². The lowest BCUT2D eigenvalue weighted by atomic mass is 9.84. The number of amides is 2. The van der Waals surface area contributed by atoms with Crippen LogP contribution in [0.4, 0.5) is 0 Å². The molecular formula is C19H26N2O3. The van der Waals surface area contributed by atoms with Gasteiger partial charge in [-0.25, -0.2) is 0 Å². The lowest BCUT2D eigenvalue weighted by molar-refractivity contribution is -0.138. The summed E-state index contributed by atoms with van der Waals surface area (Å²) < 4.78 is 5.42. The number of hydrogen-bond donors (Lipinski definition) is 0. The fourth-order valence-corrected chi connectivity index (χ4v) is 3.30. The topological polar surface area (TPSA) is 49.9 Å². The Bertz CT molecular complexity index is 581. The minimum Gasteiger partial charge on any atom is -0.494 e. The van der Waals surface area contributed by atoms with Gasteiger partial charge in [-0.05, 0) is 50.5 Å². The smallest absolute Gasteiger partial charge is 0.253 e. The monoisotopic (exact) mass is 330 g/mol. The summed E-state index contributed by atoms with van der Waals surface area (Å²) in [6.07, 6.45) is 4.09. The van der Waals surface area contributed by atoms with E-state index in [1.807, 2.05) is 41.0 Å². The third-order valence-corrected chi connectivity index (χ3v) is 4.96. The highest BCUT2D eigenvalue weighted by molar-refractivity contribution is 5.94. The molecule has 0 radical (unpaired) electrons. The van der Waals surface area contributed by atoms with Crippen LogP contribution >= 0.6 is 0 Å². The molecule has 24 heavy (non-hydrogen) atoms. The Morgan fingerprint density at radius 2 is 1.67 bits per heavy atom. The van der Waals surface area contributed by atoms with Gasteiger partial charge in [-0.15, -0.1) is 0 Å². The normalized spacial score (nSPS) is 18.7. The lowest BCUT2D eigenvalue weighted by Crippen LogP contribution is -2.41. The Labute approximate surface area is 143 Å². The molecule has 0 aromatic heterocycles. The van der Waals surface area contributed by atoms with Crippen LogP contribution in [0.3, 0.4) is 0 Å². The number of carbonyl (C=O) groups is 2. The molecule has 3 rings (SSSR count). The molecule has 0 spiro atoms. The second-order valence-electron chi connectivity index (χ2n) is 6.56. The van der Waals surface area contributed by atoms with E-state index in [2.05, 4.69) is 0 Å². The second-order valence-corrected chi connectivity index (χ2v) is 6.56. The van der Waals surface area contributed by atoms with E-state index >= 15 is 0 Å². The van der Waals surface area contributed by atoms with Gasteiger partial charge in [0.25, 0.3) is 5.91 Å². The van der Waals surface area contributed by atoms with Crippen molar-refractivity contribution >= 4 is 11.8 Å². The molecule has 1 saturated carbocycles. The number of nitrogens with zero attached hydrogens (tertiary/aromatic N) is 2. The van der Waals surface area contributed by atoms with Crippen molar-refractivity contribution in [3.8, 4) is 5.75 Å². The summed E-state index contributed by atoms with van der Waals surface area (Å²) in [7, 11) is 0. The summed E-state index contributed by atoms with van der Waals surface area (Å²) in [5.41, 5.74) is 0.678. The maximum atomic E-state index is 12.7. The van der Waals surface area contributed by atoms with Crippen molar-refractivity contribution in [2.45, 2.75) is 32.6 Å². The van der Waals surface area contributed by atoms with Crippen LogP contribution in [-0.2, 0) is 4.79 Å². The van der Waals surface area contributed by atoms with Crippen LogP contribution in [0.2, 0.25) is 0 Å². The molecule has 0 unspecified atom stereocenters. The number of carbonyl (C=O) groups excluding carboxylic acids is 2. The minimum absolute atomic E-state index is 0.0380. The van der Waals surface area contributed by atoms with E-state index in [-0.39, 0.29) is 17.7 Å². The number of hydrogen-bond acceptors (Lipinski definition) is 3. The average Bonchev–Trinajstić information content (AvgIpc) is 2.79. The average molecular weight is 330 g/mol. The quantitative estimate of drug-likeness (QED) is 0.852. The van der Waals surface area contributed by atoms with Crippen molar-refractivity contribution in [3.05, 3.63) is 29.8 Å². The first-order valence-corrected chi connectivity index (χ1v) is 9.00. The van der Waals surface area contributed by atoms with Crippen molar-refractivity contribution in [1.82, 2.24) is 9.80 Å². The summed E-state index contributed by atoms with van der Waals surface area (Å²) in [5, 5.41) is 0. The van der Waals surface area contributed by atoms with E-state index in [0.717, 1.165) is 31.6 Å². The van der Waals surface area contributed by atoms with Crippen LogP contribution in [0.15, 0.2) is 24.3 Å². The highest BCUT2D eigenvalue weighted by atomic mass is 16.5. The Morgan fingerprint density at radius 1 is 1.00 bits per heavy atom. The van der Waals surface area contributed by atoms with E-state index in [0.29, 0.717) is 31.8 Å². The maximum Gasteiger partial charge on any atom is 0.253 e. The molecule has 1 aliphatic heterocycles. The molecule has 1 aromatic carbocycles. The Balaban J connectivity index is 1.58. The van der Waals surface area contributed by atoms with E-state index in [1.165, 1.54) is 6.42 Å². The standard InChI is InChI=1S/C19H26N2O3/c1-2-24-17-9-7-16(8-10-17)19(23)21-12-4-11-20(13-14-21)18(22)15-5-3-6-15/h7-10,15H,2-6,11-14H2,1H3. The van der Waals surface area contributed by atoms with Gasteiger partial charge in [0.05, 0.1) is 6.61 Å². The van der Waals surface area contributed by atoms with Crippen molar-refractivity contribution in [3.63, 3.8) is 0 Å². The predicted octanol–water partition coefficient (Wildman–Crippen LogP) is 2.56. The van der Waals surface area contributed by atoms with E-state index in [9.17, 15) is 9.59 Å². The zero-order valence-corrected chi connectivity index (χ0v) is 14.4. The van der Waals surface area contributed by atoms with Crippen molar-refractivity contribution in [2.75, 3.05) is 32.8 Å². The van der Waals surface area contributed by atoms with Gasteiger partial charge in [0.1, 0.15) is 5.75 Å². The minimum atomic E-state index is 0.0380.